The summed E-state index contributed by atoms with van der Waals surface area (Å²) in [7, 11) is 0. The molecule has 3 rings (SSSR count). The van der Waals surface area contributed by atoms with E-state index in [1.54, 1.807) is 0 Å². The molecule has 0 bridgehead atoms. The van der Waals surface area contributed by atoms with E-state index in [1.807, 2.05) is 53.4 Å². The Morgan fingerprint density at radius 3 is 2.18 bits per heavy atom. The molecule has 0 radical (unpaired) electrons. The molecule has 0 atom stereocenters. The SMILES string of the molecule is O=C(NO)c1cnc(NCCCN(CCCc2ccccc2)C(=O)Nc2ccccc2)nc1. The molecule has 3 amide bonds. The van der Waals surface area contributed by atoms with E-state index in [1.165, 1.54) is 23.4 Å². The van der Waals surface area contributed by atoms with E-state index in [9.17, 15) is 9.59 Å². The minimum absolute atomic E-state index is 0.134. The third-order valence-electron chi connectivity index (χ3n) is 4.95. The molecule has 0 saturated carbocycles. The number of hydrogen-bond donors (Lipinski definition) is 4. The highest BCUT2D eigenvalue weighted by Gasteiger charge is 2.13. The number of hydrogen-bond acceptors (Lipinski definition) is 6. The number of aromatic nitrogens is 2. The van der Waals surface area contributed by atoms with Crippen molar-refractivity contribution in [1.82, 2.24) is 20.3 Å². The molecule has 33 heavy (non-hydrogen) atoms. The molecule has 0 aliphatic rings. The molecular weight excluding hydrogens is 420 g/mol. The predicted octanol–water partition coefficient (Wildman–Crippen LogP) is 3.56. The quantitative estimate of drug-likeness (QED) is 0.202. The summed E-state index contributed by atoms with van der Waals surface area (Å²) in [6.45, 7) is 1.75. The Balaban J connectivity index is 1.50. The molecule has 4 N–H and O–H groups in total. The van der Waals surface area contributed by atoms with E-state index in [-0.39, 0.29) is 11.6 Å². The minimum atomic E-state index is -0.669. The number of amides is 3. The Morgan fingerprint density at radius 2 is 1.52 bits per heavy atom. The van der Waals surface area contributed by atoms with E-state index in [0.29, 0.717) is 32.0 Å². The first-order valence-electron chi connectivity index (χ1n) is 10.8. The second-order valence-corrected chi connectivity index (χ2v) is 7.39. The number of carbonyl (C=O) groups excluding carboxylic acids is 2. The van der Waals surface area contributed by atoms with Gasteiger partial charge in [0, 0.05) is 37.7 Å². The molecular formula is C24H28N6O3. The van der Waals surface area contributed by atoms with Gasteiger partial charge in [-0.05, 0) is 37.0 Å². The maximum absolute atomic E-state index is 12.9. The lowest BCUT2D eigenvalue weighted by atomic mass is 10.1. The van der Waals surface area contributed by atoms with Crippen LogP contribution in [0.1, 0.15) is 28.8 Å². The number of anilines is 2. The summed E-state index contributed by atoms with van der Waals surface area (Å²) in [6, 6.07) is 19.5. The van der Waals surface area contributed by atoms with Gasteiger partial charge in [0.15, 0.2) is 0 Å². The van der Waals surface area contributed by atoms with Gasteiger partial charge in [-0.2, -0.15) is 0 Å². The first-order valence-corrected chi connectivity index (χ1v) is 10.8. The van der Waals surface area contributed by atoms with Crippen molar-refractivity contribution in [2.24, 2.45) is 0 Å². The average Bonchev–Trinajstić information content (AvgIpc) is 2.86. The summed E-state index contributed by atoms with van der Waals surface area (Å²) < 4.78 is 0. The zero-order chi connectivity index (χ0) is 23.3. The van der Waals surface area contributed by atoms with Gasteiger partial charge in [-0.1, -0.05) is 48.5 Å². The number of nitrogens with one attached hydrogen (secondary N) is 3. The monoisotopic (exact) mass is 448 g/mol. The maximum Gasteiger partial charge on any atom is 0.321 e. The van der Waals surface area contributed by atoms with Crippen LogP contribution in [0.25, 0.3) is 0 Å². The first-order chi connectivity index (χ1) is 16.2. The number of carbonyl (C=O) groups is 2. The van der Waals surface area contributed by atoms with Gasteiger partial charge in [0.2, 0.25) is 5.95 Å². The van der Waals surface area contributed by atoms with Crippen molar-refractivity contribution in [2.45, 2.75) is 19.3 Å². The van der Waals surface area contributed by atoms with Gasteiger partial charge in [-0.3, -0.25) is 10.0 Å². The molecule has 3 aromatic rings. The number of hydroxylamine groups is 1. The summed E-state index contributed by atoms with van der Waals surface area (Å²) in [6.07, 6.45) is 5.09. The highest BCUT2D eigenvalue weighted by Crippen LogP contribution is 2.09. The Kier molecular flexibility index (Phi) is 9.16. The molecule has 0 unspecified atom stereocenters. The van der Waals surface area contributed by atoms with Gasteiger partial charge in [-0.25, -0.2) is 20.2 Å². The standard InChI is InChI=1S/C24H28N6O3/c31-22(29-33)20-17-26-23(27-18-20)25-14-8-16-30(15-7-11-19-9-3-1-4-10-19)24(32)28-21-12-5-2-6-13-21/h1-6,9-10,12-13,17-18,33H,7-8,11,14-16H2,(H,28,32)(H,29,31)(H,25,26,27). The van der Waals surface area contributed by atoms with E-state index in [0.717, 1.165) is 18.5 Å². The third-order valence-corrected chi connectivity index (χ3v) is 4.95. The molecule has 0 aliphatic heterocycles. The van der Waals surface area contributed by atoms with Crippen LogP contribution in [-0.2, 0) is 6.42 Å². The molecule has 0 saturated heterocycles. The van der Waals surface area contributed by atoms with Gasteiger partial charge < -0.3 is 15.5 Å². The van der Waals surface area contributed by atoms with Crippen LogP contribution in [0.4, 0.5) is 16.4 Å². The van der Waals surface area contributed by atoms with E-state index in [2.05, 4.69) is 32.7 Å². The van der Waals surface area contributed by atoms with Gasteiger partial charge in [0.25, 0.3) is 5.91 Å². The van der Waals surface area contributed by atoms with Crippen LogP contribution in [0, 0.1) is 0 Å². The van der Waals surface area contributed by atoms with Crippen LogP contribution in [0.2, 0.25) is 0 Å². The molecule has 9 heteroatoms. The molecule has 9 nitrogen and oxygen atoms in total. The minimum Gasteiger partial charge on any atom is -0.354 e. The molecule has 2 aromatic carbocycles. The van der Waals surface area contributed by atoms with Crippen LogP contribution in [0.5, 0.6) is 0 Å². The third kappa shape index (κ3) is 7.89. The summed E-state index contributed by atoms with van der Waals surface area (Å²) >= 11 is 0. The van der Waals surface area contributed by atoms with E-state index < -0.39 is 5.91 Å². The van der Waals surface area contributed by atoms with Gasteiger partial charge in [0.1, 0.15) is 0 Å². The molecule has 1 aromatic heterocycles. The number of urea groups is 1. The van der Waals surface area contributed by atoms with Crippen LogP contribution >= 0.6 is 0 Å². The van der Waals surface area contributed by atoms with E-state index in [4.69, 9.17) is 5.21 Å². The van der Waals surface area contributed by atoms with Crippen molar-refractivity contribution < 1.29 is 14.8 Å². The van der Waals surface area contributed by atoms with Gasteiger partial charge in [-0.15, -0.1) is 0 Å². The topological polar surface area (TPSA) is 119 Å². The Hall–Kier alpha value is -3.98. The van der Waals surface area contributed by atoms with Crippen LogP contribution in [0.3, 0.4) is 0 Å². The fourth-order valence-electron chi connectivity index (χ4n) is 3.23. The molecule has 0 aliphatic carbocycles. The Labute approximate surface area is 192 Å². The lowest BCUT2D eigenvalue weighted by Gasteiger charge is -2.23. The number of nitrogens with zero attached hydrogens (tertiary/aromatic N) is 3. The largest absolute Gasteiger partial charge is 0.354 e. The van der Waals surface area contributed by atoms with Crippen LogP contribution in [0.15, 0.2) is 73.1 Å². The highest BCUT2D eigenvalue weighted by molar-refractivity contribution is 5.92. The average molecular weight is 449 g/mol. The second kappa shape index (κ2) is 12.8. The number of benzene rings is 2. The number of aryl methyl sites for hydroxylation is 1. The fraction of sp³-hybridized carbons (Fsp3) is 0.250. The van der Waals surface area contributed by atoms with Crippen LogP contribution < -0.4 is 16.1 Å². The number of rotatable bonds is 11. The summed E-state index contributed by atoms with van der Waals surface area (Å²) in [4.78, 5) is 34.1. The molecule has 0 spiro atoms. The van der Waals surface area contributed by atoms with Crippen molar-refractivity contribution in [3.8, 4) is 0 Å². The van der Waals surface area contributed by atoms with Crippen molar-refractivity contribution >= 4 is 23.6 Å². The molecule has 172 valence electrons. The van der Waals surface area contributed by atoms with Crippen molar-refractivity contribution in [1.29, 1.82) is 0 Å². The Bertz CT molecular complexity index is 1000. The highest BCUT2D eigenvalue weighted by atomic mass is 16.5. The Morgan fingerprint density at radius 1 is 0.879 bits per heavy atom. The second-order valence-electron chi connectivity index (χ2n) is 7.39. The number of para-hydroxylation sites is 1. The normalized spacial score (nSPS) is 10.3. The lowest BCUT2D eigenvalue weighted by Crippen LogP contribution is -2.37. The molecule has 1 heterocycles. The zero-order valence-electron chi connectivity index (χ0n) is 18.3. The predicted molar refractivity (Wildman–Crippen MR) is 126 cm³/mol. The van der Waals surface area contributed by atoms with E-state index >= 15 is 0 Å². The summed E-state index contributed by atoms with van der Waals surface area (Å²) in [5.74, 6) is -0.300. The zero-order valence-corrected chi connectivity index (χ0v) is 18.3. The molecule has 0 fully saturated rings. The maximum atomic E-state index is 12.9. The van der Waals surface area contributed by atoms with Crippen LogP contribution in [-0.4, -0.2) is 51.6 Å². The van der Waals surface area contributed by atoms with Crippen molar-refractivity contribution in [3.05, 3.63) is 84.2 Å². The summed E-state index contributed by atoms with van der Waals surface area (Å²) in [5.41, 5.74) is 3.70. The van der Waals surface area contributed by atoms with Crippen molar-refractivity contribution in [2.75, 3.05) is 30.3 Å². The first kappa shape index (κ1) is 23.7. The fourth-order valence-corrected chi connectivity index (χ4v) is 3.23. The van der Waals surface area contributed by atoms with Gasteiger partial charge in [0.05, 0.1) is 5.56 Å². The van der Waals surface area contributed by atoms with Gasteiger partial charge >= 0.3 is 6.03 Å². The summed E-state index contributed by atoms with van der Waals surface area (Å²) in [5, 5.41) is 14.7. The van der Waals surface area contributed by atoms with Crippen molar-refractivity contribution in [3.63, 3.8) is 0 Å². The smallest absolute Gasteiger partial charge is 0.321 e. The lowest BCUT2D eigenvalue weighted by molar-refractivity contribution is 0.0705.